The first kappa shape index (κ1) is 7.98. The van der Waals surface area contributed by atoms with Gasteiger partial charge in [-0.05, 0) is 19.1 Å². The summed E-state index contributed by atoms with van der Waals surface area (Å²) in [6, 6.07) is 5.89. The normalized spacial score (nSPS) is 10.6. The van der Waals surface area contributed by atoms with E-state index in [9.17, 15) is 4.79 Å². The van der Waals surface area contributed by atoms with E-state index in [1.807, 2.05) is 25.1 Å². The van der Waals surface area contributed by atoms with Crippen molar-refractivity contribution in [2.75, 3.05) is 0 Å². The van der Waals surface area contributed by atoms with Crippen molar-refractivity contribution in [2.24, 2.45) is 0 Å². The molecular formula is C10H10N2O. The third kappa shape index (κ3) is 1.22. The third-order valence-electron chi connectivity index (χ3n) is 2.05. The molecule has 0 amide bonds. The van der Waals surface area contributed by atoms with Crippen molar-refractivity contribution >= 4 is 16.7 Å². The summed E-state index contributed by atoms with van der Waals surface area (Å²) in [7, 11) is 0. The number of benzene rings is 1. The molecule has 13 heavy (non-hydrogen) atoms. The van der Waals surface area contributed by atoms with Crippen LogP contribution >= 0.6 is 0 Å². The van der Waals surface area contributed by atoms with Crippen LogP contribution in [0.3, 0.4) is 0 Å². The molecule has 0 atom stereocenters. The van der Waals surface area contributed by atoms with Gasteiger partial charge in [-0.25, -0.2) is 0 Å². The predicted octanol–water partition coefficient (Wildman–Crippen LogP) is 2.07. The Bertz CT molecular complexity index is 471. The minimum atomic E-state index is -0.00292. The zero-order chi connectivity index (χ0) is 9.42. The maximum absolute atomic E-state index is 11.1. The summed E-state index contributed by atoms with van der Waals surface area (Å²) < 4.78 is 0. The number of Topliss-reactive ketones (excluding diaryl/α,β-unsaturated/α-hetero) is 1. The van der Waals surface area contributed by atoms with Crippen LogP contribution in [0.25, 0.3) is 10.9 Å². The number of aryl methyl sites for hydroxylation is 1. The van der Waals surface area contributed by atoms with Crippen LogP contribution in [-0.4, -0.2) is 16.0 Å². The van der Waals surface area contributed by atoms with Crippen LogP contribution in [0.1, 0.15) is 23.0 Å². The molecule has 0 aliphatic rings. The van der Waals surface area contributed by atoms with Gasteiger partial charge in [0.25, 0.3) is 0 Å². The van der Waals surface area contributed by atoms with Crippen LogP contribution in [0.5, 0.6) is 0 Å². The van der Waals surface area contributed by atoms with Gasteiger partial charge in [-0.1, -0.05) is 11.6 Å². The number of nitrogens with zero attached hydrogens (tertiary/aromatic N) is 1. The molecule has 1 aromatic heterocycles. The van der Waals surface area contributed by atoms with Gasteiger partial charge in [0.15, 0.2) is 5.78 Å². The molecule has 3 nitrogen and oxygen atoms in total. The van der Waals surface area contributed by atoms with Gasteiger partial charge >= 0.3 is 0 Å². The lowest BCUT2D eigenvalue weighted by molar-refractivity contribution is 0.101. The van der Waals surface area contributed by atoms with Gasteiger partial charge in [0, 0.05) is 12.3 Å². The summed E-state index contributed by atoms with van der Waals surface area (Å²) in [6.07, 6.45) is 0. The van der Waals surface area contributed by atoms with Gasteiger partial charge in [-0.2, -0.15) is 5.10 Å². The molecule has 1 N–H and O–H groups in total. The highest BCUT2D eigenvalue weighted by Gasteiger charge is 2.08. The van der Waals surface area contributed by atoms with E-state index >= 15 is 0 Å². The van der Waals surface area contributed by atoms with E-state index in [0.717, 1.165) is 16.5 Å². The number of fused-ring (bicyclic) bond motifs is 1. The first-order chi connectivity index (χ1) is 6.18. The molecule has 0 radical (unpaired) electrons. The molecule has 3 heteroatoms. The highest BCUT2D eigenvalue weighted by molar-refractivity contribution is 6.04. The summed E-state index contributed by atoms with van der Waals surface area (Å²) in [5.41, 5.74) is 2.57. The fourth-order valence-corrected chi connectivity index (χ4v) is 1.40. The van der Waals surface area contributed by atoms with Crippen molar-refractivity contribution in [3.63, 3.8) is 0 Å². The van der Waals surface area contributed by atoms with Gasteiger partial charge in [0.1, 0.15) is 5.69 Å². The Balaban J connectivity index is 2.79. The molecule has 0 aliphatic heterocycles. The monoisotopic (exact) mass is 174 g/mol. The van der Waals surface area contributed by atoms with E-state index in [1.54, 1.807) is 0 Å². The largest absolute Gasteiger partial charge is 0.293 e. The van der Waals surface area contributed by atoms with Crippen molar-refractivity contribution in [1.29, 1.82) is 0 Å². The minimum absolute atomic E-state index is 0.00292. The number of aromatic nitrogens is 2. The van der Waals surface area contributed by atoms with Crippen LogP contribution < -0.4 is 0 Å². The van der Waals surface area contributed by atoms with Crippen LogP contribution in [0.15, 0.2) is 18.2 Å². The number of ketones is 1. The topological polar surface area (TPSA) is 45.8 Å². The van der Waals surface area contributed by atoms with Crippen molar-refractivity contribution in [2.45, 2.75) is 13.8 Å². The molecule has 0 spiro atoms. The summed E-state index contributed by atoms with van der Waals surface area (Å²) in [5, 5.41) is 7.70. The smallest absolute Gasteiger partial charge is 0.180 e. The number of hydrogen-bond acceptors (Lipinski definition) is 2. The van der Waals surface area contributed by atoms with Crippen molar-refractivity contribution in [1.82, 2.24) is 10.2 Å². The van der Waals surface area contributed by atoms with Crippen LogP contribution in [0.2, 0.25) is 0 Å². The van der Waals surface area contributed by atoms with E-state index in [4.69, 9.17) is 0 Å². The third-order valence-corrected chi connectivity index (χ3v) is 2.05. The Morgan fingerprint density at radius 2 is 2.23 bits per heavy atom. The second-order valence-electron chi connectivity index (χ2n) is 3.18. The van der Waals surface area contributed by atoms with Gasteiger partial charge in [0.2, 0.25) is 0 Å². The second kappa shape index (κ2) is 2.69. The zero-order valence-corrected chi connectivity index (χ0v) is 7.59. The van der Waals surface area contributed by atoms with E-state index in [0.29, 0.717) is 5.69 Å². The lowest BCUT2D eigenvalue weighted by Crippen LogP contribution is -1.92. The quantitative estimate of drug-likeness (QED) is 0.673. The Hall–Kier alpha value is -1.64. The number of rotatable bonds is 1. The molecule has 1 aromatic carbocycles. The molecule has 1 heterocycles. The zero-order valence-electron chi connectivity index (χ0n) is 7.59. The molecule has 2 aromatic rings. The average molecular weight is 174 g/mol. The van der Waals surface area contributed by atoms with Gasteiger partial charge in [-0.15, -0.1) is 0 Å². The molecule has 0 aliphatic carbocycles. The summed E-state index contributed by atoms with van der Waals surface area (Å²) in [5.74, 6) is -0.00292. The first-order valence-corrected chi connectivity index (χ1v) is 4.14. The number of H-pyrrole nitrogens is 1. The number of aromatic amines is 1. The summed E-state index contributed by atoms with van der Waals surface area (Å²) >= 11 is 0. The Kier molecular flexibility index (Phi) is 1.65. The number of hydrogen-bond donors (Lipinski definition) is 1. The second-order valence-corrected chi connectivity index (χ2v) is 3.18. The standard InChI is InChI=1S/C10H10N2O/c1-6-3-4-9-8(5-6)10(7(2)13)12-11-9/h3-5H,1-2H3,(H,11,12). The maximum atomic E-state index is 11.1. The highest BCUT2D eigenvalue weighted by Crippen LogP contribution is 2.17. The van der Waals surface area contributed by atoms with Crippen molar-refractivity contribution in [3.05, 3.63) is 29.5 Å². The first-order valence-electron chi connectivity index (χ1n) is 4.14. The molecule has 0 fully saturated rings. The number of nitrogens with one attached hydrogen (secondary N) is 1. The van der Waals surface area contributed by atoms with Gasteiger partial charge < -0.3 is 0 Å². The van der Waals surface area contributed by atoms with E-state index in [-0.39, 0.29) is 5.78 Å². The molecule has 0 saturated carbocycles. The Morgan fingerprint density at radius 1 is 1.46 bits per heavy atom. The SMILES string of the molecule is CC(=O)c1n[nH]c2ccc(C)cc12. The van der Waals surface area contributed by atoms with E-state index in [2.05, 4.69) is 10.2 Å². The van der Waals surface area contributed by atoms with Crippen molar-refractivity contribution < 1.29 is 4.79 Å². The molecule has 2 rings (SSSR count). The fraction of sp³-hybridized carbons (Fsp3) is 0.200. The number of carbonyl (C=O) groups excluding carboxylic acids is 1. The average Bonchev–Trinajstić information content (AvgIpc) is 2.46. The van der Waals surface area contributed by atoms with Gasteiger partial charge in [-0.3, -0.25) is 9.89 Å². The molecule has 66 valence electrons. The summed E-state index contributed by atoms with van der Waals surface area (Å²) in [6.45, 7) is 3.52. The molecule has 0 saturated heterocycles. The van der Waals surface area contributed by atoms with Crippen molar-refractivity contribution in [3.8, 4) is 0 Å². The minimum Gasteiger partial charge on any atom is -0.293 e. The van der Waals surface area contributed by atoms with Crippen LogP contribution in [0, 0.1) is 6.92 Å². The lowest BCUT2D eigenvalue weighted by Gasteiger charge is -1.92. The molecule has 0 unspecified atom stereocenters. The Labute approximate surface area is 75.8 Å². The lowest BCUT2D eigenvalue weighted by atomic mass is 10.1. The maximum Gasteiger partial charge on any atom is 0.180 e. The Morgan fingerprint density at radius 3 is 2.92 bits per heavy atom. The number of carbonyl (C=O) groups is 1. The van der Waals surface area contributed by atoms with E-state index in [1.165, 1.54) is 6.92 Å². The summed E-state index contributed by atoms with van der Waals surface area (Å²) in [4.78, 5) is 11.1. The predicted molar refractivity (Wildman–Crippen MR) is 50.8 cm³/mol. The van der Waals surface area contributed by atoms with Gasteiger partial charge in [0.05, 0.1) is 5.52 Å². The molecule has 0 bridgehead atoms. The fourth-order valence-electron chi connectivity index (χ4n) is 1.40. The van der Waals surface area contributed by atoms with Crippen LogP contribution in [0.4, 0.5) is 0 Å². The van der Waals surface area contributed by atoms with Crippen LogP contribution in [-0.2, 0) is 0 Å². The molecular weight excluding hydrogens is 164 g/mol. The highest BCUT2D eigenvalue weighted by atomic mass is 16.1. The van der Waals surface area contributed by atoms with E-state index < -0.39 is 0 Å².